The lowest BCUT2D eigenvalue weighted by Gasteiger charge is -2.40. The Labute approximate surface area is 112 Å². The van der Waals surface area contributed by atoms with Gasteiger partial charge in [0, 0.05) is 23.0 Å². The summed E-state index contributed by atoms with van der Waals surface area (Å²) >= 11 is 3.63. The zero-order valence-corrected chi connectivity index (χ0v) is 12.4. The van der Waals surface area contributed by atoms with Crippen molar-refractivity contribution in [2.75, 3.05) is 18.5 Å². The van der Waals surface area contributed by atoms with Gasteiger partial charge in [-0.15, -0.1) is 0 Å². The minimum Gasteiger partial charge on any atom is -0.353 e. The molecule has 2 heterocycles. The molecule has 0 aromatic rings. The van der Waals surface area contributed by atoms with Gasteiger partial charge in [-0.2, -0.15) is 0 Å². The summed E-state index contributed by atoms with van der Waals surface area (Å²) in [4.78, 5) is 2.51. The average molecular weight is 298 g/mol. The molecule has 1 atom stereocenters. The summed E-state index contributed by atoms with van der Waals surface area (Å²) in [7, 11) is 0. The van der Waals surface area contributed by atoms with Gasteiger partial charge in [0.2, 0.25) is 0 Å². The quantitative estimate of drug-likeness (QED) is 0.688. The molecule has 1 aliphatic carbocycles. The van der Waals surface area contributed by atoms with Crippen LogP contribution in [0, 0.1) is 5.41 Å². The summed E-state index contributed by atoms with van der Waals surface area (Å²) < 4.78 is 6.11. The Kier molecular flexibility index (Phi) is 2.50. The minimum atomic E-state index is -0.136. The number of nitrogens with zero attached hydrogens (tertiary/aromatic N) is 1. The number of alkyl halides is 1. The molecule has 2 nitrogen and oxygen atoms in total. The van der Waals surface area contributed by atoms with Crippen LogP contribution in [0.25, 0.3) is 0 Å². The lowest BCUT2D eigenvalue weighted by atomic mass is 9.73. The fraction of sp³-hybridized carbons (Fsp3) is 0.714. The normalized spacial score (nSPS) is 34.8. The Balaban J connectivity index is 2.15. The van der Waals surface area contributed by atoms with Crippen LogP contribution >= 0.6 is 15.9 Å². The predicted octanol–water partition coefficient (Wildman–Crippen LogP) is 3.44. The smallest absolute Gasteiger partial charge is 0.147 e. The van der Waals surface area contributed by atoms with E-state index in [-0.39, 0.29) is 11.1 Å². The van der Waals surface area contributed by atoms with E-state index >= 15 is 0 Å². The molecule has 17 heavy (non-hydrogen) atoms. The van der Waals surface area contributed by atoms with Crippen LogP contribution in [-0.2, 0) is 4.74 Å². The molecule has 1 saturated heterocycles. The van der Waals surface area contributed by atoms with E-state index in [1.807, 2.05) is 0 Å². The number of hydrogen-bond donors (Lipinski definition) is 0. The second-order valence-electron chi connectivity index (χ2n) is 5.83. The monoisotopic (exact) mass is 297 g/mol. The molecule has 0 aromatic carbocycles. The van der Waals surface area contributed by atoms with E-state index < -0.39 is 0 Å². The number of allylic oxidation sites excluding steroid dienone is 3. The average Bonchev–Trinajstić information content (AvgIpc) is 2.77. The SMILES string of the molecule is CC1(C)C2=C(CCC=C2CBr)N2CCOC21C. The first kappa shape index (κ1) is 11.8. The molecule has 0 N–H and O–H groups in total. The molecule has 0 saturated carbocycles. The summed E-state index contributed by atoms with van der Waals surface area (Å²) in [5.41, 5.74) is 4.48. The Morgan fingerprint density at radius 1 is 1.41 bits per heavy atom. The van der Waals surface area contributed by atoms with Crippen LogP contribution in [0.3, 0.4) is 0 Å². The van der Waals surface area contributed by atoms with E-state index in [1.165, 1.54) is 29.7 Å². The zero-order chi connectivity index (χ0) is 12.3. The van der Waals surface area contributed by atoms with Gasteiger partial charge < -0.3 is 9.64 Å². The van der Waals surface area contributed by atoms with Gasteiger partial charge in [0.05, 0.1) is 6.61 Å². The van der Waals surface area contributed by atoms with Gasteiger partial charge in [-0.25, -0.2) is 0 Å². The Hall–Kier alpha value is -0.280. The molecule has 1 fully saturated rings. The van der Waals surface area contributed by atoms with Crippen LogP contribution in [0.2, 0.25) is 0 Å². The Morgan fingerprint density at radius 3 is 2.88 bits per heavy atom. The first-order valence-electron chi connectivity index (χ1n) is 6.43. The maximum absolute atomic E-state index is 6.11. The van der Waals surface area contributed by atoms with Crippen molar-refractivity contribution in [2.24, 2.45) is 5.41 Å². The molecule has 2 aliphatic heterocycles. The molecule has 0 spiro atoms. The lowest BCUT2D eigenvalue weighted by molar-refractivity contribution is -0.105. The predicted molar refractivity (Wildman–Crippen MR) is 73.0 cm³/mol. The first-order valence-corrected chi connectivity index (χ1v) is 7.55. The third kappa shape index (κ3) is 1.30. The number of rotatable bonds is 1. The highest BCUT2D eigenvalue weighted by molar-refractivity contribution is 9.09. The molecular weight excluding hydrogens is 278 g/mol. The fourth-order valence-electron chi connectivity index (χ4n) is 3.72. The van der Waals surface area contributed by atoms with Gasteiger partial charge in [0.1, 0.15) is 5.72 Å². The highest BCUT2D eigenvalue weighted by Gasteiger charge is 2.59. The largest absolute Gasteiger partial charge is 0.353 e. The molecule has 0 radical (unpaired) electrons. The van der Waals surface area contributed by atoms with E-state index in [2.05, 4.69) is 47.7 Å². The van der Waals surface area contributed by atoms with Crippen LogP contribution in [0.5, 0.6) is 0 Å². The van der Waals surface area contributed by atoms with Gasteiger partial charge in [0.25, 0.3) is 0 Å². The number of ether oxygens (including phenoxy) is 1. The molecule has 0 aromatic heterocycles. The molecular formula is C14H20BrNO. The second-order valence-corrected chi connectivity index (χ2v) is 6.39. The van der Waals surface area contributed by atoms with E-state index in [1.54, 1.807) is 0 Å². The molecule has 1 unspecified atom stereocenters. The van der Waals surface area contributed by atoms with Crippen LogP contribution < -0.4 is 0 Å². The lowest BCUT2D eigenvalue weighted by Crippen LogP contribution is -2.47. The van der Waals surface area contributed by atoms with Crippen molar-refractivity contribution in [3.05, 3.63) is 22.9 Å². The summed E-state index contributed by atoms with van der Waals surface area (Å²) in [5, 5.41) is 0.958. The molecule has 0 amide bonds. The third-order valence-electron chi connectivity index (χ3n) is 4.85. The van der Waals surface area contributed by atoms with E-state index in [0.717, 1.165) is 18.5 Å². The molecule has 3 heteroatoms. The standard InChI is InChI=1S/C14H20BrNO/c1-13(2)12-10(9-15)5-4-6-11(12)16-7-8-17-14(13,16)3/h5H,4,6-9H2,1-3H3. The van der Waals surface area contributed by atoms with Crippen molar-refractivity contribution < 1.29 is 4.74 Å². The first-order chi connectivity index (χ1) is 8.02. The van der Waals surface area contributed by atoms with Crippen LogP contribution in [-0.4, -0.2) is 29.1 Å². The molecule has 3 aliphatic rings. The summed E-state index contributed by atoms with van der Waals surface area (Å²) in [6.07, 6.45) is 4.73. The number of hydrogen-bond acceptors (Lipinski definition) is 2. The van der Waals surface area contributed by atoms with Crippen molar-refractivity contribution in [2.45, 2.75) is 39.3 Å². The highest BCUT2D eigenvalue weighted by Crippen LogP contribution is 2.57. The minimum absolute atomic E-state index is 0.0822. The molecule has 3 rings (SSSR count). The summed E-state index contributed by atoms with van der Waals surface area (Å²) in [6, 6.07) is 0. The fourth-order valence-corrected chi connectivity index (χ4v) is 4.23. The van der Waals surface area contributed by atoms with Crippen LogP contribution in [0.4, 0.5) is 0 Å². The third-order valence-corrected chi connectivity index (χ3v) is 5.45. The van der Waals surface area contributed by atoms with E-state index in [4.69, 9.17) is 4.74 Å². The van der Waals surface area contributed by atoms with Crippen molar-refractivity contribution >= 4 is 15.9 Å². The maximum Gasteiger partial charge on any atom is 0.147 e. The Bertz CT molecular complexity index is 424. The van der Waals surface area contributed by atoms with Gasteiger partial charge in [-0.1, -0.05) is 35.9 Å². The number of halogens is 1. The summed E-state index contributed by atoms with van der Waals surface area (Å²) in [5.74, 6) is 0. The highest BCUT2D eigenvalue weighted by atomic mass is 79.9. The second kappa shape index (κ2) is 3.61. The van der Waals surface area contributed by atoms with Crippen molar-refractivity contribution in [1.82, 2.24) is 4.90 Å². The Morgan fingerprint density at radius 2 is 2.18 bits per heavy atom. The molecule has 94 valence electrons. The summed E-state index contributed by atoms with van der Waals surface area (Å²) in [6.45, 7) is 8.83. The number of fused-ring (bicyclic) bond motifs is 2. The van der Waals surface area contributed by atoms with E-state index in [9.17, 15) is 0 Å². The topological polar surface area (TPSA) is 12.5 Å². The van der Waals surface area contributed by atoms with Crippen molar-refractivity contribution in [1.29, 1.82) is 0 Å². The van der Waals surface area contributed by atoms with Crippen molar-refractivity contribution in [3.8, 4) is 0 Å². The van der Waals surface area contributed by atoms with Gasteiger partial charge >= 0.3 is 0 Å². The molecule has 0 bridgehead atoms. The zero-order valence-electron chi connectivity index (χ0n) is 10.8. The van der Waals surface area contributed by atoms with Crippen LogP contribution in [0.1, 0.15) is 33.6 Å². The van der Waals surface area contributed by atoms with Gasteiger partial charge in [-0.3, -0.25) is 0 Å². The maximum atomic E-state index is 6.11. The van der Waals surface area contributed by atoms with E-state index in [0.29, 0.717) is 0 Å². The van der Waals surface area contributed by atoms with Gasteiger partial charge in [-0.05, 0) is 30.9 Å². The van der Waals surface area contributed by atoms with Crippen LogP contribution in [0.15, 0.2) is 22.9 Å². The van der Waals surface area contributed by atoms with Crippen molar-refractivity contribution in [3.63, 3.8) is 0 Å². The van der Waals surface area contributed by atoms with Gasteiger partial charge in [0.15, 0.2) is 0 Å².